The molecule has 1 aromatic carbocycles. The molecule has 1 aromatic rings. The van der Waals surface area contributed by atoms with Crippen molar-refractivity contribution in [1.82, 2.24) is 5.32 Å². The van der Waals surface area contributed by atoms with E-state index in [9.17, 15) is 4.79 Å². The average molecular weight is 233 g/mol. The Hall–Kier alpha value is -1.35. The first-order valence-corrected chi connectivity index (χ1v) is 6.15. The van der Waals surface area contributed by atoms with Gasteiger partial charge in [-0.3, -0.25) is 4.79 Å². The van der Waals surface area contributed by atoms with Gasteiger partial charge < -0.3 is 10.1 Å². The van der Waals surface area contributed by atoms with E-state index in [-0.39, 0.29) is 11.8 Å². The molecule has 0 aliphatic carbocycles. The van der Waals surface area contributed by atoms with E-state index in [0.717, 1.165) is 29.9 Å². The SMILES string of the molecule is CC[C@@H](NC)C(=O)c1ccc2c(c1)C(C)CO2. The monoisotopic (exact) mass is 233 g/mol. The zero-order chi connectivity index (χ0) is 12.4. The lowest BCUT2D eigenvalue weighted by molar-refractivity contribution is 0.0945. The highest BCUT2D eigenvalue weighted by Crippen LogP contribution is 2.34. The van der Waals surface area contributed by atoms with E-state index >= 15 is 0 Å². The van der Waals surface area contributed by atoms with Crippen LogP contribution in [-0.4, -0.2) is 25.5 Å². The number of likely N-dealkylation sites (N-methyl/N-ethyl adjacent to an activating group) is 1. The van der Waals surface area contributed by atoms with Crippen LogP contribution in [0.25, 0.3) is 0 Å². The normalized spacial score (nSPS) is 19.6. The zero-order valence-electron chi connectivity index (χ0n) is 10.6. The molecule has 0 amide bonds. The Morgan fingerprint density at radius 3 is 3.00 bits per heavy atom. The largest absolute Gasteiger partial charge is 0.493 e. The van der Waals surface area contributed by atoms with Crippen LogP contribution >= 0.6 is 0 Å². The predicted molar refractivity (Wildman–Crippen MR) is 67.8 cm³/mol. The molecule has 1 aliphatic rings. The number of Topliss-reactive ketones (excluding diaryl/α,β-unsaturated/α-hetero) is 1. The summed E-state index contributed by atoms with van der Waals surface area (Å²) >= 11 is 0. The number of hydrogen-bond donors (Lipinski definition) is 1. The van der Waals surface area contributed by atoms with Crippen LogP contribution in [0.2, 0.25) is 0 Å². The minimum atomic E-state index is -0.0920. The minimum absolute atomic E-state index is 0.0920. The van der Waals surface area contributed by atoms with E-state index < -0.39 is 0 Å². The van der Waals surface area contributed by atoms with Crippen molar-refractivity contribution in [3.05, 3.63) is 29.3 Å². The maximum Gasteiger partial charge on any atom is 0.179 e. The third kappa shape index (κ3) is 2.20. The van der Waals surface area contributed by atoms with Crippen LogP contribution in [0.1, 0.15) is 42.1 Å². The van der Waals surface area contributed by atoms with E-state index in [1.807, 2.05) is 32.2 Å². The maximum absolute atomic E-state index is 12.2. The molecule has 0 bridgehead atoms. The lowest BCUT2D eigenvalue weighted by Gasteiger charge is -2.13. The van der Waals surface area contributed by atoms with Gasteiger partial charge in [-0.1, -0.05) is 13.8 Å². The third-order valence-corrected chi connectivity index (χ3v) is 3.39. The van der Waals surface area contributed by atoms with Crippen LogP contribution in [0.4, 0.5) is 0 Å². The van der Waals surface area contributed by atoms with E-state index in [4.69, 9.17) is 4.74 Å². The molecular formula is C14H19NO2. The molecule has 1 unspecified atom stereocenters. The number of fused-ring (bicyclic) bond motifs is 1. The van der Waals surface area contributed by atoms with E-state index in [1.54, 1.807) is 0 Å². The average Bonchev–Trinajstić information content (AvgIpc) is 2.72. The molecule has 0 fully saturated rings. The van der Waals surface area contributed by atoms with Gasteiger partial charge >= 0.3 is 0 Å². The molecule has 3 nitrogen and oxygen atoms in total. The summed E-state index contributed by atoms with van der Waals surface area (Å²) in [4.78, 5) is 12.2. The first kappa shape index (κ1) is 12.1. The Balaban J connectivity index is 2.28. The van der Waals surface area contributed by atoms with Crippen molar-refractivity contribution in [3.63, 3.8) is 0 Å². The summed E-state index contributed by atoms with van der Waals surface area (Å²) in [5.74, 6) is 1.47. The second-order valence-electron chi connectivity index (χ2n) is 4.58. The molecule has 17 heavy (non-hydrogen) atoms. The van der Waals surface area contributed by atoms with E-state index in [2.05, 4.69) is 12.2 Å². The molecule has 92 valence electrons. The molecule has 1 aliphatic heterocycles. The van der Waals surface area contributed by atoms with Crippen LogP contribution in [-0.2, 0) is 0 Å². The van der Waals surface area contributed by atoms with Crippen molar-refractivity contribution in [2.75, 3.05) is 13.7 Å². The van der Waals surface area contributed by atoms with E-state index in [0.29, 0.717) is 5.92 Å². The highest BCUT2D eigenvalue weighted by atomic mass is 16.5. The van der Waals surface area contributed by atoms with Gasteiger partial charge in [0, 0.05) is 17.0 Å². The van der Waals surface area contributed by atoms with Crippen LogP contribution in [0.15, 0.2) is 18.2 Å². The van der Waals surface area contributed by atoms with Gasteiger partial charge in [-0.2, -0.15) is 0 Å². The number of nitrogens with one attached hydrogen (secondary N) is 1. The van der Waals surface area contributed by atoms with Crippen molar-refractivity contribution < 1.29 is 9.53 Å². The van der Waals surface area contributed by atoms with Gasteiger partial charge in [0.15, 0.2) is 5.78 Å². The topological polar surface area (TPSA) is 38.3 Å². The number of carbonyl (C=O) groups is 1. The summed E-state index contributed by atoms with van der Waals surface area (Å²) in [6, 6.07) is 5.66. The molecule has 1 N–H and O–H groups in total. The molecule has 1 heterocycles. The van der Waals surface area contributed by atoms with Gasteiger partial charge in [0.05, 0.1) is 12.6 Å². The fraction of sp³-hybridized carbons (Fsp3) is 0.500. The summed E-state index contributed by atoms with van der Waals surface area (Å²) in [6.45, 7) is 4.85. The molecule has 0 aromatic heterocycles. The number of hydrogen-bond acceptors (Lipinski definition) is 3. The molecule has 3 heteroatoms. The van der Waals surface area contributed by atoms with Gasteiger partial charge in [-0.15, -0.1) is 0 Å². The molecule has 0 saturated carbocycles. The molecule has 2 rings (SSSR count). The second kappa shape index (κ2) is 4.88. The highest BCUT2D eigenvalue weighted by Gasteiger charge is 2.23. The van der Waals surface area contributed by atoms with Gasteiger partial charge in [0.2, 0.25) is 0 Å². The first-order valence-electron chi connectivity index (χ1n) is 6.15. The van der Waals surface area contributed by atoms with Crippen LogP contribution in [0, 0.1) is 0 Å². The Labute approximate surface area is 102 Å². The third-order valence-electron chi connectivity index (χ3n) is 3.39. The summed E-state index contributed by atoms with van der Waals surface area (Å²) in [7, 11) is 1.82. The van der Waals surface area contributed by atoms with Gasteiger partial charge in [-0.05, 0) is 31.7 Å². The van der Waals surface area contributed by atoms with Crippen LogP contribution in [0.5, 0.6) is 5.75 Å². The fourth-order valence-corrected chi connectivity index (χ4v) is 2.24. The van der Waals surface area contributed by atoms with Crippen LogP contribution in [0.3, 0.4) is 0 Å². The number of ketones is 1. The van der Waals surface area contributed by atoms with Crippen LogP contribution < -0.4 is 10.1 Å². The molecular weight excluding hydrogens is 214 g/mol. The Kier molecular flexibility index (Phi) is 3.48. The molecule has 0 radical (unpaired) electrons. The van der Waals surface area contributed by atoms with Crippen molar-refractivity contribution in [3.8, 4) is 5.75 Å². The standard InChI is InChI=1S/C14H19NO2/c1-4-12(15-3)14(16)10-5-6-13-11(7-10)9(2)8-17-13/h5-7,9,12,15H,4,8H2,1-3H3/t9?,12-/m1/s1. The van der Waals surface area contributed by atoms with Gasteiger partial charge in [0.25, 0.3) is 0 Å². The molecule has 0 saturated heterocycles. The predicted octanol–water partition coefficient (Wildman–Crippen LogP) is 2.36. The Morgan fingerprint density at radius 1 is 1.59 bits per heavy atom. The summed E-state index contributed by atoms with van der Waals surface area (Å²) in [5.41, 5.74) is 1.93. The first-order chi connectivity index (χ1) is 8.17. The highest BCUT2D eigenvalue weighted by molar-refractivity contribution is 6.00. The minimum Gasteiger partial charge on any atom is -0.493 e. The Morgan fingerprint density at radius 2 is 2.35 bits per heavy atom. The van der Waals surface area contributed by atoms with Crippen molar-refractivity contribution in [2.24, 2.45) is 0 Å². The zero-order valence-corrected chi connectivity index (χ0v) is 10.6. The van der Waals surface area contributed by atoms with Crippen molar-refractivity contribution in [2.45, 2.75) is 32.2 Å². The summed E-state index contributed by atoms with van der Waals surface area (Å²) in [5, 5.41) is 3.05. The number of ether oxygens (including phenoxy) is 1. The van der Waals surface area contributed by atoms with Crippen molar-refractivity contribution in [1.29, 1.82) is 0 Å². The van der Waals surface area contributed by atoms with Crippen molar-refractivity contribution >= 4 is 5.78 Å². The molecule has 0 spiro atoms. The maximum atomic E-state index is 12.2. The number of benzene rings is 1. The fourth-order valence-electron chi connectivity index (χ4n) is 2.24. The smallest absolute Gasteiger partial charge is 0.179 e. The number of rotatable bonds is 4. The molecule has 2 atom stereocenters. The summed E-state index contributed by atoms with van der Waals surface area (Å²) in [6.07, 6.45) is 0.804. The number of carbonyl (C=O) groups excluding carboxylic acids is 1. The summed E-state index contributed by atoms with van der Waals surface area (Å²) < 4.78 is 5.53. The van der Waals surface area contributed by atoms with Gasteiger partial charge in [0.1, 0.15) is 5.75 Å². The van der Waals surface area contributed by atoms with E-state index in [1.165, 1.54) is 0 Å². The second-order valence-corrected chi connectivity index (χ2v) is 4.58. The Bertz CT molecular complexity index is 424. The quantitative estimate of drug-likeness (QED) is 0.811. The van der Waals surface area contributed by atoms with Gasteiger partial charge in [-0.25, -0.2) is 0 Å². The lowest BCUT2D eigenvalue weighted by atomic mass is 9.96. The lowest BCUT2D eigenvalue weighted by Crippen LogP contribution is -2.33.